The molecule has 1 aliphatic rings. The molecule has 0 bridgehead atoms. The van der Waals surface area contributed by atoms with Gasteiger partial charge in [0, 0.05) is 5.70 Å². The summed E-state index contributed by atoms with van der Waals surface area (Å²) < 4.78 is 11.4. The fourth-order valence-electron chi connectivity index (χ4n) is 4.78. The average molecular weight is 670 g/mol. The van der Waals surface area contributed by atoms with Crippen molar-refractivity contribution in [2.24, 2.45) is 4.99 Å². The van der Waals surface area contributed by atoms with Crippen LogP contribution in [-0.2, 0) is 14.4 Å². The fraction of sp³-hybridized carbons (Fsp3) is 0.189. The Labute approximate surface area is 284 Å². The van der Waals surface area contributed by atoms with Gasteiger partial charge in [-0.3, -0.25) is 19.3 Å². The Morgan fingerprint density at radius 3 is 2.23 bits per heavy atom. The van der Waals surface area contributed by atoms with E-state index in [2.05, 4.69) is 16.9 Å². The summed E-state index contributed by atoms with van der Waals surface area (Å²) in [5, 5.41) is 3.44. The van der Waals surface area contributed by atoms with E-state index in [0.29, 0.717) is 36.0 Å². The van der Waals surface area contributed by atoms with Gasteiger partial charge < -0.3 is 14.8 Å². The van der Waals surface area contributed by atoms with E-state index in [0.717, 1.165) is 22.9 Å². The van der Waals surface area contributed by atoms with E-state index >= 15 is 0 Å². The van der Waals surface area contributed by atoms with Crippen LogP contribution in [0, 0.1) is 0 Å². The zero-order valence-electron chi connectivity index (χ0n) is 26.4. The Balaban J connectivity index is 1.65. The van der Waals surface area contributed by atoms with Crippen molar-refractivity contribution in [2.75, 3.05) is 19.0 Å². The normalized spacial score (nSPS) is 14.5. The molecule has 0 spiro atoms. The van der Waals surface area contributed by atoms with E-state index < -0.39 is 17.9 Å². The molecule has 0 saturated heterocycles. The second kappa shape index (κ2) is 17.2. The molecular formula is C37H36ClN3O5S. The summed E-state index contributed by atoms with van der Waals surface area (Å²) in [4.78, 5) is 46.4. The van der Waals surface area contributed by atoms with Gasteiger partial charge in [0.25, 0.3) is 11.8 Å². The number of hydrogen-bond acceptors (Lipinski definition) is 6. The zero-order valence-corrected chi connectivity index (χ0v) is 28.0. The highest BCUT2D eigenvalue weighted by Gasteiger charge is 2.35. The predicted molar refractivity (Wildman–Crippen MR) is 189 cm³/mol. The summed E-state index contributed by atoms with van der Waals surface area (Å²) >= 11 is 7.49. The first-order chi connectivity index (χ1) is 22.8. The van der Waals surface area contributed by atoms with Gasteiger partial charge in [0.15, 0.2) is 16.7 Å². The van der Waals surface area contributed by atoms with Gasteiger partial charge in [-0.05, 0) is 61.7 Å². The van der Waals surface area contributed by atoms with Gasteiger partial charge in [0.2, 0.25) is 5.91 Å². The Morgan fingerprint density at radius 1 is 1.02 bits per heavy atom. The van der Waals surface area contributed by atoms with Crippen LogP contribution in [-0.4, -0.2) is 46.8 Å². The molecule has 3 amide bonds. The van der Waals surface area contributed by atoms with Crippen LogP contribution in [0.4, 0.5) is 0 Å². The molecule has 0 saturated carbocycles. The summed E-state index contributed by atoms with van der Waals surface area (Å²) in [7, 11) is 0. The summed E-state index contributed by atoms with van der Waals surface area (Å²) in [6.07, 6.45) is 8.05. The molecule has 0 fully saturated rings. The van der Waals surface area contributed by atoms with Crippen LogP contribution in [0.15, 0.2) is 120 Å². The molecular weight excluding hydrogens is 634 g/mol. The third kappa shape index (κ3) is 8.90. The second-order valence-corrected chi connectivity index (χ2v) is 11.4. The molecule has 0 aliphatic carbocycles. The minimum absolute atomic E-state index is 0.0739. The lowest BCUT2D eigenvalue weighted by molar-refractivity contribution is -0.126. The Morgan fingerprint density at radius 2 is 1.66 bits per heavy atom. The van der Waals surface area contributed by atoms with Gasteiger partial charge in [-0.2, -0.15) is 4.99 Å². The predicted octanol–water partition coefficient (Wildman–Crippen LogP) is 7.53. The Kier molecular flexibility index (Phi) is 12.8. The maximum absolute atomic E-state index is 14.0. The number of nitrogens with zero attached hydrogens (tertiary/aromatic N) is 2. The second-order valence-electron chi connectivity index (χ2n) is 10.0. The highest BCUT2D eigenvalue weighted by molar-refractivity contribution is 8.14. The lowest BCUT2D eigenvalue weighted by atomic mass is 9.99. The molecule has 3 aromatic carbocycles. The molecule has 3 aromatic rings. The summed E-state index contributed by atoms with van der Waals surface area (Å²) in [5.41, 5.74) is 2.57. The first-order valence-electron chi connectivity index (χ1n) is 15.1. The molecule has 0 aromatic heterocycles. The third-order valence-corrected chi connectivity index (χ3v) is 8.06. The van der Waals surface area contributed by atoms with Crippen LogP contribution in [0.25, 0.3) is 6.08 Å². The molecule has 0 atom stereocenters. The molecule has 1 aliphatic heterocycles. The first-order valence-corrected chi connectivity index (χ1v) is 16.4. The van der Waals surface area contributed by atoms with Crippen LogP contribution in [0.3, 0.4) is 0 Å². The maximum atomic E-state index is 14.0. The number of ether oxygens (including phenoxy) is 2. The van der Waals surface area contributed by atoms with Crippen molar-refractivity contribution in [3.05, 3.63) is 137 Å². The van der Waals surface area contributed by atoms with Gasteiger partial charge in [-0.15, -0.1) is 0 Å². The number of nitrogens with one attached hydrogen (secondary N) is 1. The number of rotatable bonds is 13. The molecule has 1 heterocycles. The lowest BCUT2D eigenvalue weighted by Crippen LogP contribution is -2.42. The quantitative estimate of drug-likeness (QED) is 0.115. The van der Waals surface area contributed by atoms with Gasteiger partial charge >= 0.3 is 0 Å². The summed E-state index contributed by atoms with van der Waals surface area (Å²) in [5.74, 6) is -0.981. The first kappa shape index (κ1) is 35.0. The Hall–Kier alpha value is -4.86. The van der Waals surface area contributed by atoms with Crippen molar-refractivity contribution >= 4 is 52.3 Å². The van der Waals surface area contributed by atoms with Gasteiger partial charge in [0.05, 0.1) is 30.0 Å². The van der Waals surface area contributed by atoms with Crippen molar-refractivity contribution in [1.82, 2.24) is 10.2 Å². The molecule has 4 rings (SSSR count). The van der Waals surface area contributed by atoms with Crippen LogP contribution in [0.1, 0.15) is 43.5 Å². The number of hydrogen-bond donors (Lipinski definition) is 1. The van der Waals surface area contributed by atoms with E-state index in [1.54, 1.807) is 43.4 Å². The van der Waals surface area contributed by atoms with E-state index in [1.807, 2.05) is 74.5 Å². The number of carbonyl (C=O) groups excluding carboxylic acids is 3. The van der Waals surface area contributed by atoms with Crippen molar-refractivity contribution in [3.63, 3.8) is 0 Å². The maximum Gasteiger partial charge on any atom is 0.285 e. The number of thioether (sulfide) groups is 1. The number of halogens is 1. The van der Waals surface area contributed by atoms with Gasteiger partial charge in [-0.1, -0.05) is 109 Å². The standard InChI is InChI=1S/C37H36ClN3O5S/c1-5-9-20-28(6-2)41-36(44)29(21-25-22-30(38)34(46-8-4)31(23-25)45-7-3)35(43)40-37(41)47-24-32(42)39-33(26-16-12-10-13-17-26)27-18-14-11-15-19-27/h5-6,9-23,33H,1,7-8,24H2,2-4H3,(H,39,42)/b20-9-,28-6+,29-21+. The number of amidine groups is 1. The summed E-state index contributed by atoms with van der Waals surface area (Å²) in [6, 6.07) is 22.1. The topological polar surface area (TPSA) is 97.3 Å². The Bertz CT molecular complexity index is 1700. The van der Waals surface area contributed by atoms with Crippen molar-refractivity contribution in [3.8, 4) is 11.5 Å². The van der Waals surface area contributed by atoms with Crippen LogP contribution >= 0.6 is 23.4 Å². The molecule has 1 N–H and O–H groups in total. The van der Waals surface area contributed by atoms with Gasteiger partial charge in [0.1, 0.15) is 5.57 Å². The zero-order chi connectivity index (χ0) is 33.8. The number of allylic oxidation sites excluding steroid dienone is 4. The molecule has 47 heavy (non-hydrogen) atoms. The highest BCUT2D eigenvalue weighted by Crippen LogP contribution is 2.38. The van der Waals surface area contributed by atoms with Crippen molar-refractivity contribution in [1.29, 1.82) is 0 Å². The molecule has 10 heteroatoms. The average Bonchev–Trinajstić information content (AvgIpc) is 3.08. The number of carbonyl (C=O) groups is 3. The third-order valence-electron chi connectivity index (χ3n) is 6.84. The SMILES string of the molecule is C=C/C=C\C(=C/C)N1C(=O)/C(=C/c2cc(Cl)c(OCC)c(OCC)c2)C(=O)N=C1SCC(=O)NC(c1ccccc1)c1ccccc1. The largest absolute Gasteiger partial charge is 0.490 e. The van der Waals surface area contributed by atoms with E-state index in [9.17, 15) is 14.4 Å². The van der Waals surface area contributed by atoms with Crippen molar-refractivity contribution in [2.45, 2.75) is 26.8 Å². The molecule has 8 nitrogen and oxygen atoms in total. The van der Waals surface area contributed by atoms with E-state index in [-0.39, 0.29) is 27.4 Å². The molecule has 242 valence electrons. The van der Waals surface area contributed by atoms with Crippen LogP contribution < -0.4 is 14.8 Å². The van der Waals surface area contributed by atoms with E-state index in [1.165, 1.54) is 11.0 Å². The van der Waals surface area contributed by atoms with Crippen molar-refractivity contribution < 1.29 is 23.9 Å². The van der Waals surface area contributed by atoms with Gasteiger partial charge in [-0.25, -0.2) is 0 Å². The molecule has 0 unspecified atom stereocenters. The van der Waals surface area contributed by atoms with E-state index in [4.69, 9.17) is 21.1 Å². The molecule has 0 radical (unpaired) electrons. The van der Waals surface area contributed by atoms with Crippen LogP contribution in [0.2, 0.25) is 5.02 Å². The number of amides is 3. The monoisotopic (exact) mass is 669 g/mol. The lowest BCUT2D eigenvalue weighted by Gasteiger charge is -2.28. The highest BCUT2D eigenvalue weighted by atomic mass is 35.5. The fourth-order valence-corrected chi connectivity index (χ4v) is 5.86. The van der Waals surface area contributed by atoms with Crippen LogP contribution in [0.5, 0.6) is 11.5 Å². The minimum Gasteiger partial charge on any atom is -0.490 e. The smallest absolute Gasteiger partial charge is 0.285 e. The number of benzene rings is 3. The minimum atomic E-state index is -0.744. The number of aliphatic imine (C=N–C) groups is 1. The summed E-state index contributed by atoms with van der Waals surface area (Å²) in [6.45, 7) is 9.87.